The number of unbranched alkanes of at least 4 members (excludes halogenated alkanes) is 22. The summed E-state index contributed by atoms with van der Waals surface area (Å²) in [6.07, 6.45) is 93.4. The molecule has 0 aromatic rings. The Hall–Kier alpha value is -4.11. The van der Waals surface area contributed by atoms with E-state index in [-0.39, 0.29) is 38.6 Å². The van der Waals surface area contributed by atoms with Crippen LogP contribution >= 0.6 is 7.82 Å². The summed E-state index contributed by atoms with van der Waals surface area (Å²) in [4.78, 5) is 35.3. The van der Waals surface area contributed by atoms with Crippen LogP contribution in [0.15, 0.2) is 146 Å². The predicted molar refractivity (Wildman–Crippen MR) is 348 cm³/mol. The molecule has 0 amide bonds. The van der Waals surface area contributed by atoms with Crippen LogP contribution in [0.3, 0.4) is 0 Å². The standard InChI is InChI=1S/C71H118NO8P/c1-3-5-7-9-11-13-15-17-19-21-23-25-27-29-30-31-32-33-34-35-36-37-38-40-42-44-46-48-50-52-54-56-58-60-62-64-71(74)80-69(68-79-81(75,76)78-66-65-72)67-77-70(73)63-61-59-57-55-53-51-49-47-45-43-41-39-28-26-24-22-20-18-16-14-12-10-8-6-4-2/h5-8,11-14,17-20,23-26,29-30,32-33,35-36,38,40,69H,3-4,9-10,15-16,21-22,27-28,31,34,37,39,41-68,72H2,1-2H3,(H,75,76)/b7-5-,8-6-,13-11-,14-12-,19-17-,20-18-,25-23-,26-24-,30-29-,33-32-,36-35-,40-38-. The van der Waals surface area contributed by atoms with Gasteiger partial charge in [0, 0.05) is 19.4 Å². The summed E-state index contributed by atoms with van der Waals surface area (Å²) >= 11 is 0. The number of hydrogen-bond donors (Lipinski definition) is 2. The van der Waals surface area contributed by atoms with Crippen molar-refractivity contribution in [2.75, 3.05) is 26.4 Å². The number of ether oxygens (including phenoxy) is 2. The van der Waals surface area contributed by atoms with E-state index >= 15 is 0 Å². The molecule has 10 heteroatoms. The number of carbonyl (C=O) groups excluding carboxylic acids is 2. The van der Waals surface area contributed by atoms with E-state index in [9.17, 15) is 19.0 Å². The molecule has 0 fully saturated rings. The fourth-order valence-corrected chi connectivity index (χ4v) is 9.29. The number of esters is 2. The highest BCUT2D eigenvalue weighted by Gasteiger charge is 2.26. The number of rotatable bonds is 59. The highest BCUT2D eigenvalue weighted by Crippen LogP contribution is 2.43. The molecule has 460 valence electrons. The van der Waals surface area contributed by atoms with Gasteiger partial charge in [-0.25, -0.2) is 4.57 Å². The Bertz CT molecular complexity index is 1830. The maximum Gasteiger partial charge on any atom is 0.472 e. The van der Waals surface area contributed by atoms with Crippen molar-refractivity contribution in [3.05, 3.63) is 146 Å². The van der Waals surface area contributed by atoms with E-state index < -0.39 is 26.5 Å². The summed E-state index contributed by atoms with van der Waals surface area (Å²) in [5.41, 5.74) is 5.39. The average Bonchev–Trinajstić information content (AvgIpc) is 3.46. The third-order valence-corrected chi connectivity index (χ3v) is 14.2. The highest BCUT2D eigenvalue weighted by atomic mass is 31.2. The zero-order valence-electron chi connectivity index (χ0n) is 51.5. The van der Waals surface area contributed by atoms with E-state index in [2.05, 4.69) is 160 Å². The van der Waals surface area contributed by atoms with Gasteiger partial charge in [0.15, 0.2) is 6.10 Å². The summed E-state index contributed by atoms with van der Waals surface area (Å²) in [6, 6.07) is 0. The van der Waals surface area contributed by atoms with Crippen LogP contribution in [-0.4, -0.2) is 49.3 Å². The Morgan fingerprint density at radius 2 is 0.642 bits per heavy atom. The van der Waals surface area contributed by atoms with Crippen molar-refractivity contribution in [3.8, 4) is 0 Å². The topological polar surface area (TPSA) is 134 Å². The van der Waals surface area contributed by atoms with E-state index in [1.807, 2.05) is 0 Å². The summed E-state index contributed by atoms with van der Waals surface area (Å²) in [7, 11) is -4.40. The number of phosphoric acid groups is 1. The van der Waals surface area contributed by atoms with Crippen LogP contribution in [0.4, 0.5) is 0 Å². The molecule has 0 heterocycles. The second-order valence-corrected chi connectivity index (χ2v) is 22.3. The van der Waals surface area contributed by atoms with Crippen LogP contribution in [0.2, 0.25) is 0 Å². The Kier molecular flexibility index (Phi) is 61.7. The number of allylic oxidation sites excluding steroid dienone is 24. The lowest BCUT2D eigenvalue weighted by Crippen LogP contribution is -2.29. The van der Waals surface area contributed by atoms with Crippen LogP contribution in [-0.2, 0) is 32.7 Å². The highest BCUT2D eigenvalue weighted by molar-refractivity contribution is 7.47. The van der Waals surface area contributed by atoms with Crippen molar-refractivity contribution in [1.29, 1.82) is 0 Å². The maximum atomic E-state index is 12.7. The van der Waals surface area contributed by atoms with Gasteiger partial charge >= 0.3 is 19.8 Å². The van der Waals surface area contributed by atoms with Crippen LogP contribution < -0.4 is 5.73 Å². The van der Waals surface area contributed by atoms with Gasteiger partial charge in [-0.05, 0) is 116 Å². The van der Waals surface area contributed by atoms with Crippen molar-refractivity contribution in [1.82, 2.24) is 0 Å². The molecule has 9 nitrogen and oxygen atoms in total. The molecule has 81 heavy (non-hydrogen) atoms. The second kappa shape index (κ2) is 65.0. The largest absolute Gasteiger partial charge is 0.472 e. The van der Waals surface area contributed by atoms with Gasteiger partial charge in [-0.1, -0.05) is 275 Å². The minimum atomic E-state index is -4.40. The Balaban J connectivity index is 3.98. The molecule has 0 aliphatic heterocycles. The van der Waals surface area contributed by atoms with Crippen LogP contribution in [0, 0.1) is 0 Å². The van der Waals surface area contributed by atoms with Gasteiger partial charge in [0.05, 0.1) is 13.2 Å². The molecule has 0 rings (SSSR count). The van der Waals surface area contributed by atoms with E-state index in [1.54, 1.807) is 0 Å². The zero-order valence-corrected chi connectivity index (χ0v) is 52.4. The summed E-state index contributed by atoms with van der Waals surface area (Å²) < 4.78 is 33.1. The van der Waals surface area contributed by atoms with Crippen molar-refractivity contribution in [3.63, 3.8) is 0 Å². The van der Waals surface area contributed by atoms with Gasteiger partial charge in [0.1, 0.15) is 6.61 Å². The van der Waals surface area contributed by atoms with Gasteiger partial charge in [-0.15, -0.1) is 0 Å². The lowest BCUT2D eigenvalue weighted by molar-refractivity contribution is -0.161. The monoisotopic (exact) mass is 1140 g/mol. The molecule has 0 saturated carbocycles. The molecule has 0 saturated heterocycles. The number of phosphoric ester groups is 1. The van der Waals surface area contributed by atoms with Crippen molar-refractivity contribution in [2.24, 2.45) is 5.73 Å². The van der Waals surface area contributed by atoms with Crippen molar-refractivity contribution in [2.45, 2.75) is 264 Å². The fourth-order valence-electron chi connectivity index (χ4n) is 8.53. The quantitative estimate of drug-likeness (QED) is 0.0264. The van der Waals surface area contributed by atoms with E-state index in [0.29, 0.717) is 6.42 Å². The number of carbonyl (C=O) groups is 2. The molecule has 2 unspecified atom stereocenters. The first kappa shape index (κ1) is 76.9. The average molecular weight is 1140 g/mol. The third kappa shape index (κ3) is 64.9. The van der Waals surface area contributed by atoms with Gasteiger partial charge in [0.25, 0.3) is 0 Å². The third-order valence-electron chi connectivity index (χ3n) is 13.2. The van der Waals surface area contributed by atoms with Gasteiger partial charge in [0.2, 0.25) is 0 Å². The van der Waals surface area contributed by atoms with Crippen LogP contribution in [0.5, 0.6) is 0 Å². The van der Waals surface area contributed by atoms with Crippen LogP contribution in [0.1, 0.15) is 258 Å². The molecule has 0 aliphatic carbocycles. The lowest BCUT2D eigenvalue weighted by Gasteiger charge is -2.19. The Labute approximate surface area is 496 Å². The minimum absolute atomic E-state index is 0.0458. The zero-order chi connectivity index (χ0) is 58.7. The molecule has 0 aromatic carbocycles. The molecule has 0 radical (unpaired) electrons. The Morgan fingerprint density at radius 1 is 0.370 bits per heavy atom. The van der Waals surface area contributed by atoms with Gasteiger partial charge < -0.3 is 20.1 Å². The lowest BCUT2D eigenvalue weighted by atomic mass is 10.0. The summed E-state index contributed by atoms with van der Waals surface area (Å²) in [6.45, 7) is 3.51. The first-order valence-electron chi connectivity index (χ1n) is 32.3. The second-order valence-electron chi connectivity index (χ2n) is 20.9. The van der Waals surface area contributed by atoms with Crippen molar-refractivity contribution < 1.29 is 37.6 Å². The van der Waals surface area contributed by atoms with Gasteiger partial charge in [-0.3, -0.25) is 18.6 Å². The molecule has 2 atom stereocenters. The molecule has 0 aromatic heterocycles. The molecular formula is C71H118NO8P. The maximum absolute atomic E-state index is 12.7. The minimum Gasteiger partial charge on any atom is -0.462 e. The number of hydrogen-bond acceptors (Lipinski definition) is 8. The van der Waals surface area contributed by atoms with E-state index in [1.165, 1.54) is 103 Å². The van der Waals surface area contributed by atoms with Gasteiger partial charge in [-0.2, -0.15) is 0 Å². The Morgan fingerprint density at radius 3 is 0.951 bits per heavy atom. The number of nitrogens with two attached hydrogens (primary N) is 1. The van der Waals surface area contributed by atoms with Crippen LogP contribution in [0.25, 0.3) is 0 Å². The van der Waals surface area contributed by atoms with E-state index in [4.69, 9.17) is 24.3 Å². The summed E-state index contributed by atoms with van der Waals surface area (Å²) in [5.74, 6) is -0.840. The first-order chi connectivity index (χ1) is 39.8. The van der Waals surface area contributed by atoms with Crippen molar-refractivity contribution >= 4 is 19.8 Å². The molecule has 0 bridgehead atoms. The molecule has 0 aliphatic rings. The molecular weight excluding hydrogens is 1030 g/mol. The smallest absolute Gasteiger partial charge is 0.462 e. The van der Waals surface area contributed by atoms with E-state index in [0.717, 1.165) is 122 Å². The normalized spacial score (nSPS) is 14.0. The fraction of sp³-hybridized carbons (Fsp3) is 0.634. The SMILES string of the molecule is CC/C=C\C/C=C\C/C=C\C/C=C\C/C=C\C/C=C\C/C=C\C/C=C\CCCCCCCCCCCCC(=O)OC(COC(=O)CCCCCCCCCCCCCC/C=C\C/C=C\C/C=C\C/C=C\CC)COP(=O)(O)OCCN. The molecule has 3 N–H and O–H groups in total. The summed E-state index contributed by atoms with van der Waals surface area (Å²) in [5, 5.41) is 0. The predicted octanol–water partition coefficient (Wildman–Crippen LogP) is 21.1. The molecule has 0 spiro atoms. The first-order valence-corrected chi connectivity index (χ1v) is 33.8.